The van der Waals surface area contributed by atoms with Crippen molar-refractivity contribution in [2.45, 2.75) is 44.6 Å². The highest BCUT2D eigenvalue weighted by atomic mass is 35.5. The Bertz CT molecular complexity index is 390. The Morgan fingerprint density at radius 3 is 2.76 bits per heavy atom. The van der Waals surface area contributed by atoms with E-state index in [1.54, 1.807) is 6.20 Å². The molecule has 2 aliphatic rings. The van der Waals surface area contributed by atoms with Crippen molar-refractivity contribution in [2.24, 2.45) is 5.92 Å². The Balaban J connectivity index is 1.81. The van der Waals surface area contributed by atoms with Crippen molar-refractivity contribution in [2.75, 3.05) is 11.4 Å². The number of anilines is 1. The minimum Gasteiger partial charge on any atom is -0.353 e. The number of nitrogens with zero attached hydrogens (tertiary/aromatic N) is 3. The lowest BCUT2D eigenvalue weighted by atomic mass is 9.96. The van der Waals surface area contributed by atoms with Crippen LogP contribution in [0.5, 0.6) is 0 Å². The van der Waals surface area contributed by atoms with Gasteiger partial charge >= 0.3 is 0 Å². The highest BCUT2D eigenvalue weighted by Crippen LogP contribution is 2.37. The second-order valence-electron chi connectivity index (χ2n) is 5.13. The molecule has 0 N–H and O–H groups in total. The van der Waals surface area contributed by atoms with E-state index < -0.39 is 0 Å². The van der Waals surface area contributed by atoms with Gasteiger partial charge in [-0.15, -0.1) is 0 Å². The maximum Gasteiger partial charge on any atom is 0.224 e. The number of halogens is 1. The molecule has 1 aromatic rings. The Morgan fingerprint density at radius 2 is 2.00 bits per heavy atom. The molecule has 3 nitrogen and oxygen atoms in total. The zero-order valence-electron chi connectivity index (χ0n) is 9.98. The third-order valence-corrected chi connectivity index (χ3v) is 4.33. The lowest BCUT2D eigenvalue weighted by Crippen LogP contribution is -2.35. The number of rotatable bonds is 2. The first-order chi connectivity index (χ1) is 8.34. The van der Waals surface area contributed by atoms with Crippen molar-refractivity contribution in [1.82, 2.24) is 9.97 Å². The molecule has 0 radical (unpaired) electrons. The van der Waals surface area contributed by atoms with Crippen LogP contribution in [0.1, 0.15) is 38.5 Å². The average molecular weight is 252 g/mol. The van der Waals surface area contributed by atoms with Crippen LogP contribution >= 0.6 is 11.6 Å². The summed E-state index contributed by atoms with van der Waals surface area (Å²) >= 11 is 5.88. The quantitative estimate of drug-likeness (QED) is 0.756. The van der Waals surface area contributed by atoms with Gasteiger partial charge in [-0.25, -0.2) is 9.97 Å². The van der Waals surface area contributed by atoms with Gasteiger partial charge in [0.05, 0.1) is 0 Å². The third kappa shape index (κ3) is 2.25. The first-order valence-electron chi connectivity index (χ1n) is 6.60. The van der Waals surface area contributed by atoms with Crippen LogP contribution in [-0.2, 0) is 0 Å². The van der Waals surface area contributed by atoms with Crippen LogP contribution in [0.4, 0.5) is 5.82 Å². The highest BCUT2D eigenvalue weighted by molar-refractivity contribution is 6.28. The Kier molecular flexibility index (Phi) is 3.19. The third-order valence-electron chi connectivity index (χ3n) is 4.15. The molecule has 17 heavy (non-hydrogen) atoms. The number of aromatic nitrogens is 2. The fraction of sp³-hybridized carbons (Fsp3) is 0.692. The van der Waals surface area contributed by atoms with Crippen molar-refractivity contribution in [1.29, 1.82) is 0 Å². The maximum atomic E-state index is 5.88. The zero-order chi connectivity index (χ0) is 11.7. The fourth-order valence-corrected chi connectivity index (χ4v) is 3.54. The molecule has 0 amide bonds. The maximum absolute atomic E-state index is 5.88. The van der Waals surface area contributed by atoms with Gasteiger partial charge in [0.2, 0.25) is 5.28 Å². The molecule has 4 heteroatoms. The molecule has 1 aliphatic carbocycles. The normalized spacial score (nSPS) is 25.7. The van der Waals surface area contributed by atoms with Crippen molar-refractivity contribution >= 4 is 17.4 Å². The van der Waals surface area contributed by atoms with Crippen LogP contribution in [0, 0.1) is 5.92 Å². The van der Waals surface area contributed by atoms with Crippen molar-refractivity contribution in [3.63, 3.8) is 0 Å². The van der Waals surface area contributed by atoms with E-state index in [-0.39, 0.29) is 0 Å². The fourth-order valence-electron chi connectivity index (χ4n) is 3.40. The molecule has 92 valence electrons. The minimum absolute atomic E-state index is 0.361. The predicted octanol–water partition coefficient (Wildman–Crippen LogP) is 3.29. The highest BCUT2D eigenvalue weighted by Gasteiger charge is 2.33. The van der Waals surface area contributed by atoms with E-state index in [2.05, 4.69) is 14.9 Å². The lowest BCUT2D eigenvalue weighted by Gasteiger charge is -2.30. The molecule has 1 saturated heterocycles. The van der Waals surface area contributed by atoms with Gasteiger partial charge in [0.15, 0.2) is 0 Å². The summed E-state index contributed by atoms with van der Waals surface area (Å²) in [5.74, 6) is 1.88. The molecule has 1 atom stereocenters. The summed E-state index contributed by atoms with van der Waals surface area (Å²) in [6, 6.07) is 2.67. The second-order valence-corrected chi connectivity index (χ2v) is 5.47. The van der Waals surface area contributed by atoms with Crippen molar-refractivity contribution in [3.8, 4) is 0 Å². The SMILES string of the molecule is Clc1nccc(N2CCCC2C2CCCC2)n1. The van der Waals surface area contributed by atoms with Crippen molar-refractivity contribution in [3.05, 3.63) is 17.5 Å². The summed E-state index contributed by atoms with van der Waals surface area (Å²) in [6.45, 7) is 1.12. The molecule has 2 fully saturated rings. The molecule has 0 bridgehead atoms. The standard InChI is InChI=1S/C13H18ClN3/c14-13-15-8-7-12(16-13)17-9-3-6-11(17)10-4-1-2-5-10/h7-8,10-11H,1-6,9H2. The van der Waals surface area contributed by atoms with Crippen LogP contribution in [-0.4, -0.2) is 22.6 Å². The molecular weight excluding hydrogens is 234 g/mol. The summed E-state index contributed by atoms with van der Waals surface area (Å²) in [7, 11) is 0. The van der Waals surface area contributed by atoms with Gasteiger partial charge in [0.1, 0.15) is 5.82 Å². The molecule has 1 aliphatic heterocycles. The average Bonchev–Trinajstić information content (AvgIpc) is 3.00. The van der Waals surface area contributed by atoms with E-state index in [0.29, 0.717) is 11.3 Å². The molecule has 1 unspecified atom stereocenters. The first-order valence-corrected chi connectivity index (χ1v) is 6.97. The van der Waals surface area contributed by atoms with E-state index in [1.807, 2.05) is 6.07 Å². The Hall–Kier alpha value is -0.830. The van der Waals surface area contributed by atoms with E-state index in [1.165, 1.54) is 38.5 Å². The molecule has 2 heterocycles. The van der Waals surface area contributed by atoms with Crippen LogP contribution < -0.4 is 4.90 Å². The zero-order valence-corrected chi connectivity index (χ0v) is 10.7. The summed E-state index contributed by atoms with van der Waals surface area (Å²) in [4.78, 5) is 10.8. The molecule has 0 aromatic carbocycles. The molecule has 0 spiro atoms. The van der Waals surface area contributed by atoms with E-state index in [0.717, 1.165) is 18.3 Å². The van der Waals surface area contributed by atoms with E-state index in [4.69, 9.17) is 11.6 Å². The monoisotopic (exact) mass is 251 g/mol. The largest absolute Gasteiger partial charge is 0.353 e. The smallest absolute Gasteiger partial charge is 0.224 e. The Labute approximate surface area is 107 Å². The van der Waals surface area contributed by atoms with Gasteiger partial charge in [0.25, 0.3) is 0 Å². The molecule has 3 rings (SSSR count). The molecular formula is C13H18ClN3. The summed E-state index contributed by atoms with van der Waals surface area (Å²) < 4.78 is 0. The van der Waals surface area contributed by atoms with Gasteiger partial charge in [-0.3, -0.25) is 0 Å². The summed E-state index contributed by atoms with van der Waals surface area (Å²) in [6.07, 6.45) is 9.93. The van der Waals surface area contributed by atoms with Crippen LogP contribution in [0.3, 0.4) is 0 Å². The molecule has 1 saturated carbocycles. The van der Waals surface area contributed by atoms with E-state index >= 15 is 0 Å². The topological polar surface area (TPSA) is 29.0 Å². The Morgan fingerprint density at radius 1 is 1.18 bits per heavy atom. The number of hydrogen-bond donors (Lipinski definition) is 0. The van der Waals surface area contributed by atoms with Crippen LogP contribution in [0.2, 0.25) is 5.28 Å². The van der Waals surface area contributed by atoms with Crippen molar-refractivity contribution < 1.29 is 0 Å². The molecule has 1 aromatic heterocycles. The van der Waals surface area contributed by atoms with Crippen LogP contribution in [0.15, 0.2) is 12.3 Å². The summed E-state index contributed by atoms with van der Waals surface area (Å²) in [5.41, 5.74) is 0. The predicted molar refractivity (Wildman–Crippen MR) is 69.4 cm³/mol. The minimum atomic E-state index is 0.361. The van der Waals surface area contributed by atoms with Crippen LogP contribution in [0.25, 0.3) is 0 Å². The first kappa shape index (κ1) is 11.3. The number of hydrogen-bond acceptors (Lipinski definition) is 3. The lowest BCUT2D eigenvalue weighted by molar-refractivity contribution is 0.429. The van der Waals surface area contributed by atoms with Gasteiger partial charge in [-0.2, -0.15) is 0 Å². The van der Waals surface area contributed by atoms with Gasteiger partial charge < -0.3 is 4.90 Å². The van der Waals surface area contributed by atoms with Gasteiger partial charge in [0, 0.05) is 18.8 Å². The second kappa shape index (κ2) is 4.81. The van der Waals surface area contributed by atoms with E-state index in [9.17, 15) is 0 Å². The van der Waals surface area contributed by atoms with Gasteiger partial charge in [-0.1, -0.05) is 12.8 Å². The van der Waals surface area contributed by atoms with Gasteiger partial charge in [-0.05, 0) is 49.3 Å². The summed E-state index contributed by atoms with van der Waals surface area (Å²) in [5, 5.41) is 0.361.